The van der Waals surface area contributed by atoms with E-state index in [1.807, 2.05) is 6.08 Å². The van der Waals surface area contributed by atoms with Crippen LogP contribution in [0, 0.1) is 10.8 Å². The maximum absolute atomic E-state index is 5.70. The van der Waals surface area contributed by atoms with Crippen molar-refractivity contribution in [3.8, 4) is 0 Å². The number of likely N-dealkylation sites (tertiary alicyclic amines) is 1. The van der Waals surface area contributed by atoms with Crippen molar-refractivity contribution in [2.24, 2.45) is 15.8 Å². The Morgan fingerprint density at radius 2 is 2.00 bits per heavy atom. The van der Waals surface area contributed by atoms with Crippen molar-refractivity contribution >= 4 is 5.84 Å². The average Bonchev–Trinajstić information content (AvgIpc) is 2.39. The fourth-order valence-corrected chi connectivity index (χ4v) is 3.63. The average molecular weight is 302 g/mol. The van der Waals surface area contributed by atoms with Crippen molar-refractivity contribution in [1.29, 1.82) is 0 Å². The monoisotopic (exact) mass is 302 g/mol. The molecule has 1 atom stereocenters. The summed E-state index contributed by atoms with van der Waals surface area (Å²) in [7, 11) is 0. The molecule has 0 bridgehead atoms. The van der Waals surface area contributed by atoms with Crippen LogP contribution in [0.15, 0.2) is 42.1 Å². The molecule has 2 rings (SSSR count). The van der Waals surface area contributed by atoms with Gasteiger partial charge in [0.25, 0.3) is 0 Å². The molecule has 0 radical (unpaired) electrons. The Morgan fingerprint density at radius 1 is 1.32 bits per heavy atom. The molecule has 2 aliphatic heterocycles. The third-order valence-electron chi connectivity index (χ3n) is 4.65. The number of allylic oxidation sites excluding steroid dienone is 2. The van der Waals surface area contributed by atoms with Gasteiger partial charge in [0.2, 0.25) is 0 Å². The van der Waals surface area contributed by atoms with Gasteiger partial charge in [-0.1, -0.05) is 46.1 Å². The minimum absolute atomic E-state index is 0.0295. The molecule has 1 unspecified atom stereocenters. The van der Waals surface area contributed by atoms with Gasteiger partial charge >= 0.3 is 0 Å². The number of rotatable bonds is 3. The van der Waals surface area contributed by atoms with Crippen molar-refractivity contribution in [2.45, 2.75) is 46.6 Å². The first-order valence-corrected chi connectivity index (χ1v) is 8.20. The predicted molar refractivity (Wildman–Crippen MR) is 94.0 cm³/mol. The third-order valence-corrected chi connectivity index (χ3v) is 4.65. The Hall–Kier alpha value is -1.35. The minimum atomic E-state index is 0.0295. The van der Waals surface area contributed by atoms with Gasteiger partial charge < -0.3 is 9.64 Å². The maximum atomic E-state index is 5.70. The number of nitrogens with zero attached hydrogens (tertiary/aromatic N) is 2. The van der Waals surface area contributed by atoms with E-state index in [2.05, 4.69) is 56.8 Å². The van der Waals surface area contributed by atoms with E-state index in [-0.39, 0.29) is 5.41 Å². The summed E-state index contributed by atoms with van der Waals surface area (Å²) < 4.78 is 5.70. The molecule has 0 aromatic heterocycles. The van der Waals surface area contributed by atoms with Crippen LogP contribution >= 0.6 is 0 Å². The van der Waals surface area contributed by atoms with Crippen LogP contribution in [0.4, 0.5) is 0 Å². The summed E-state index contributed by atoms with van der Waals surface area (Å²) in [6, 6.07) is 0. The van der Waals surface area contributed by atoms with E-state index in [0.717, 1.165) is 38.4 Å². The largest absolute Gasteiger partial charge is 0.378 e. The van der Waals surface area contributed by atoms with E-state index in [1.165, 1.54) is 5.57 Å². The highest BCUT2D eigenvalue weighted by molar-refractivity contribution is 6.00. The standard InChI is InChI=1S/C19H30N2O/c1-7-9-16(18(4,5)6)17(20-8-2)21-13-19(14-21)10-11-22-15(3)12-19/h7-9,15H,1-2,10-14H2,3-6H3/b16-9+,20-17?. The van der Waals surface area contributed by atoms with E-state index >= 15 is 0 Å². The Kier molecular flexibility index (Phi) is 4.96. The zero-order valence-electron chi connectivity index (χ0n) is 14.6. The zero-order chi connectivity index (χ0) is 16.4. The first-order chi connectivity index (χ1) is 10.3. The van der Waals surface area contributed by atoms with Gasteiger partial charge in [-0.2, -0.15) is 0 Å². The lowest BCUT2D eigenvalue weighted by atomic mass is 9.71. The van der Waals surface area contributed by atoms with Gasteiger partial charge in [-0.3, -0.25) is 0 Å². The Balaban J connectivity index is 2.18. The lowest BCUT2D eigenvalue weighted by Gasteiger charge is -2.55. The summed E-state index contributed by atoms with van der Waals surface area (Å²) in [4.78, 5) is 6.98. The fourth-order valence-electron chi connectivity index (χ4n) is 3.63. The molecule has 0 aromatic rings. The quantitative estimate of drug-likeness (QED) is 0.444. The molecule has 0 aliphatic carbocycles. The van der Waals surface area contributed by atoms with Crippen LogP contribution in [0.3, 0.4) is 0 Å². The zero-order valence-corrected chi connectivity index (χ0v) is 14.6. The summed E-state index contributed by atoms with van der Waals surface area (Å²) in [5, 5.41) is 0. The second kappa shape index (κ2) is 6.41. The van der Waals surface area contributed by atoms with Crippen molar-refractivity contribution in [3.63, 3.8) is 0 Å². The maximum Gasteiger partial charge on any atom is 0.132 e. The number of amidine groups is 1. The SMILES string of the molecule is C=C/C=C(\C(=NC=C)N1CC2(CCOC(C)C2)C1)C(C)(C)C. The molecule has 22 heavy (non-hydrogen) atoms. The van der Waals surface area contributed by atoms with Gasteiger partial charge in [0.15, 0.2) is 0 Å². The van der Waals surface area contributed by atoms with E-state index in [1.54, 1.807) is 6.20 Å². The van der Waals surface area contributed by atoms with Gasteiger partial charge in [-0.25, -0.2) is 4.99 Å². The molecule has 2 aliphatic rings. The molecular formula is C19H30N2O. The first kappa shape index (κ1) is 17.0. The Bertz CT molecular complexity index is 490. The summed E-state index contributed by atoms with van der Waals surface area (Å²) in [6.45, 7) is 19.5. The van der Waals surface area contributed by atoms with Gasteiger partial charge in [-0.05, 0) is 30.8 Å². The molecular weight excluding hydrogens is 272 g/mol. The summed E-state index contributed by atoms with van der Waals surface area (Å²) >= 11 is 0. The number of aliphatic imine (C=N–C) groups is 1. The van der Waals surface area contributed by atoms with Crippen LogP contribution in [0.1, 0.15) is 40.5 Å². The van der Waals surface area contributed by atoms with E-state index in [9.17, 15) is 0 Å². The predicted octanol–water partition coefficient (Wildman–Crippen LogP) is 4.19. The van der Waals surface area contributed by atoms with Crippen molar-refractivity contribution in [1.82, 2.24) is 4.90 Å². The van der Waals surface area contributed by atoms with E-state index in [4.69, 9.17) is 4.74 Å². The van der Waals surface area contributed by atoms with Crippen LogP contribution in [0.5, 0.6) is 0 Å². The molecule has 0 N–H and O–H groups in total. The third kappa shape index (κ3) is 3.52. The molecule has 2 heterocycles. The van der Waals surface area contributed by atoms with Crippen LogP contribution in [0.2, 0.25) is 0 Å². The van der Waals surface area contributed by atoms with E-state index < -0.39 is 0 Å². The second-order valence-electron chi connectivity index (χ2n) is 7.69. The number of hydrogen-bond acceptors (Lipinski definition) is 2. The van der Waals surface area contributed by atoms with Crippen LogP contribution < -0.4 is 0 Å². The van der Waals surface area contributed by atoms with E-state index in [0.29, 0.717) is 11.5 Å². The molecule has 3 heteroatoms. The molecule has 0 aromatic carbocycles. The lowest BCUT2D eigenvalue weighted by molar-refractivity contribution is -0.0891. The minimum Gasteiger partial charge on any atom is -0.378 e. The number of hydrogen-bond donors (Lipinski definition) is 0. The van der Waals surface area contributed by atoms with Crippen molar-refractivity contribution in [3.05, 3.63) is 37.1 Å². The molecule has 2 fully saturated rings. The fraction of sp³-hybridized carbons (Fsp3) is 0.632. The number of ether oxygens (including phenoxy) is 1. The Labute approximate surface area is 135 Å². The highest BCUT2D eigenvalue weighted by Gasteiger charge is 2.47. The molecule has 122 valence electrons. The van der Waals surface area contributed by atoms with Gasteiger partial charge in [-0.15, -0.1) is 0 Å². The first-order valence-electron chi connectivity index (χ1n) is 8.20. The normalized spacial score (nSPS) is 25.8. The van der Waals surface area contributed by atoms with Gasteiger partial charge in [0, 0.05) is 31.3 Å². The summed E-state index contributed by atoms with van der Waals surface area (Å²) in [5.41, 5.74) is 1.66. The second-order valence-corrected chi connectivity index (χ2v) is 7.69. The molecule has 3 nitrogen and oxygen atoms in total. The molecule has 2 saturated heterocycles. The van der Waals surface area contributed by atoms with Crippen LogP contribution in [-0.2, 0) is 4.74 Å². The van der Waals surface area contributed by atoms with Crippen LogP contribution in [0.25, 0.3) is 0 Å². The Morgan fingerprint density at radius 3 is 2.50 bits per heavy atom. The van der Waals surface area contributed by atoms with Gasteiger partial charge in [0.1, 0.15) is 5.84 Å². The summed E-state index contributed by atoms with van der Waals surface area (Å²) in [6.07, 6.45) is 8.27. The van der Waals surface area contributed by atoms with Crippen molar-refractivity contribution in [2.75, 3.05) is 19.7 Å². The summed E-state index contributed by atoms with van der Waals surface area (Å²) in [5.74, 6) is 1.05. The highest BCUT2D eigenvalue weighted by atomic mass is 16.5. The van der Waals surface area contributed by atoms with Crippen molar-refractivity contribution < 1.29 is 4.74 Å². The topological polar surface area (TPSA) is 24.8 Å². The molecule has 1 spiro atoms. The molecule has 0 amide bonds. The molecule has 0 saturated carbocycles. The smallest absolute Gasteiger partial charge is 0.132 e. The highest BCUT2D eigenvalue weighted by Crippen LogP contribution is 2.43. The lowest BCUT2D eigenvalue weighted by Crippen LogP contribution is -2.61. The van der Waals surface area contributed by atoms with Gasteiger partial charge in [0.05, 0.1) is 6.10 Å². The van der Waals surface area contributed by atoms with Crippen LogP contribution in [-0.4, -0.2) is 36.5 Å².